The lowest BCUT2D eigenvalue weighted by Gasteiger charge is -2.25. The van der Waals surface area contributed by atoms with Crippen molar-refractivity contribution in [2.75, 3.05) is 26.2 Å². The van der Waals surface area contributed by atoms with E-state index in [9.17, 15) is 9.90 Å². The Morgan fingerprint density at radius 3 is 2.70 bits per heavy atom. The smallest absolute Gasteiger partial charge is 0.222 e. The van der Waals surface area contributed by atoms with E-state index in [1.165, 1.54) is 12.8 Å². The zero-order valence-electron chi connectivity index (χ0n) is 14.2. The van der Waals surface area contributed by atoms with Crippen molar-refractivity contribution < 1.29 is 9.90 Å². The van der Waals surface area contributed by atoms with Crippen LogP contribution in [0.3, 0.4) is 0 Å². The molecule has 6 nitrogen and oxygen atoms in total. The molecule has 3 rings (SSSR count). The Kier molecular flexibility index (Phi) is 5.02. The van der Waals surface area contributed by atoms with E-state index in [4.69, 9.17) is 0 Å². The molecule has 0 aromatic carbocycles. The fraction of sp³-hybridized carbons (Fsp3) is 0.765. The van der Waals surface area contributed by atoms with E-state index in [2.05, 4.69) is 16.1 Å². The number of aromatic nitrogens is 2. The molecular formula is C17H28N4O2. The van der Waals surface area contributed by atoms with E-state index in [-0.39, 0.29) is 11.9 Å². The minimum Gasteiger partial charge on any atom is -0.390 e. The topological polar surface area (TPSA) is 61.6 Å². The summed E-state index contributed by atoms with van der Waals surface area (Å²) in [5.41, 5.74) is 2.16. The normalized spacial score (nSPS) is 25.4. The predicted molar refractivity (Wildman–Crippen MR) is 88.1 cm³/mol. The summed E-state index contributed by atoms with van der Waals surface area (Å²) in [6, 6.07) is 2.19. The molecule has 2 saturated heterocycles. The second-order valence-corrected chi connectivity index (χ2v) is 6.93. The van der Waals surface area contributed by atoms with Gasteiger partial charge in [0.25, 0.3) is 0 Å². The number of aliphatic hydroxyl groups excluding tert-OH is 1. The van der Waals surface area contributed by atoms with Gasteiger partial charge in [-0.25, -0.2) is 0 Å². The second kappa shape index (κ2) is 7.01. The lowest BCUT2D eigenvalue weighted by Crippen LogP contribution is -2.41. The Labute approximate surface area is 138 Å². The molecule has 1 amide bonds. The van der Waals surface area contributed by atoms with Gasteiger partial charge in [0.15, 0.2) is 0 Å². The first-order chi connectivity index (χ1) is 11.0. The fourth-order valence-electron chi connectivity index (χ4n) is 3.84. The zero-order chi connectivity index (χ0) is 16.4. The number of carbonyl (C=O) groups is 1. The first-order valence-corrected chi connectivity index (χ1v) is 8.75. The summed E-state index contributed by atoms with van der Waals surface area (Å²) in [5, 5.41) is 14.7. The van der Waals surface area contributed by atoms with Gasteiger partial charge in [0.05, 0.1) is 17.8 Å². The van der Waals surface area contributed by atoms with E-state index in [0.717, 1.165) is 37.4 Å². The average Bonchev–Trinajstić information content (AvgIpc) is 3.20. The van der Waals surface area contributed by atoms with Crippen molar-refractivity contribution in [3.63, 3.8) is 0 Å². The summed E-state index contributed by atoms with van der Waals surface area (Å²) in [6.45, 7) is 8.08. The van der Waals surface area contributed by atoms with Crippen LogP contribution in [0.4, 0.5) is 0 Å². The third-order valence-electron chi connectivity index (χ3n) is 5.09. The maximum absolute atomic E-state index is 12.4. The number of amides is 1. The summed E-state index contributed by atoms with van der Waals surface area (Å²) in [6.07, 6.45) is 3.34. The average molecular weight is 320 g/mol. The highest BCUT2D eigenvalue weighted by Gasteiger charge is 2.38. The van der Waals surface area contributed by atoms with E-state index < -0.39 is 6.10 Å². The quantitative estimate of drug-likeness (QED) is 0.877. The lowest BCUT2D eigenvalue weighted by atomic mass is 10.2. The maximum atomic E-state index is 12.4. The van der Waals surface area contributed by atoms with Crippen LogP contribution < -0.4 is 0 Å². The van der Waals surface area contributed by atoms with Crippen molar-refractivity contribution in [3.8, 4) is 0 Å². The van der Waals surface area contributed by atoms with E-state index in [0.29, 0.717) is 19.5 Å². The van der Waals surface area contributed by atoms with Gasteiger partial charge < -0.3 is 10.0 Å². The molecule has 3 heterocycles. The third kappa shape index (κ3) is 3.75. The molecule has 2 fully saturated rings. The summed E-state index contributed by atoms with van der Waals surface area (Å²) < 4.78 is 1.97. The van der Waals surface area contributed by atoms with E-state index in [1.54, 1.807) is 0 Å². The van der Waals surface area contributed by atoms with E-state index in [1.807, 2.05) is 23.4 Å². The van der Waals surface area contributed by atoms with Crippen LogP contribution >= 0.6 is 0 Å². The molecule has 1 N–H and O–H groups in total. The van der Waals surface area contributed by atoms with Crippen LogP contribution in [0.5, 0.6) is 0 Å². The van der Waals surface area contributed by atoms with Crippen molar-refractivity contribution in [1.82, 2.24) is 19.6 Å². The van der Waals surface area contributed by atoms with Crippen LogP contribution in [0.1, 0.15) is 37.1 Å². The highest BCUT2D eigenvalue weighted by Crippen LogP contribution is 2.21. The Balaban J connectivity index is 1.46. The number of hydrogen-bond acceptors (Lipinski definition) is 4. The Bertz CT molecular complexity index is 551. The highest BCUT2D eigenvalue weighted by molar-refractivity contribution is 5.76. The fourth-order valence-corrected chi connectivity index (χ4v) is 3.84. The maximum Gasteiger partial charge on any atom is 0.222 e. The minimum absolute atomic E-state index is 0.137. The monoisotopic (exact) mass is 320 g/mol. The summed E-state index contributed by atoms with van der Waals surface area (Å²) in [7, 11) is 0. The van der Waals surface area contributed by atoms with Crippen LogP contribution in [0.25, 0.3) is 0 Å². The number of rotatable bonds is 5. The van der Waals surface area contributed by atoms with Crippen LogP contribution in [0, 0.1) is 13.8 Å². The third-order valence-corrected chi connectivity index (χ3v) is 5.09. The van der Waals surface area contributed by atoms with Gasteiger partial charge in [-0.2, -0.15) is 5.10 Å². The highest BCUT2D eigenvalue weighted by atomic mass is 16.3. The minimum atomic E-state index is -0.395. The number of hydrogen-bond donors (Lipinski definition) is 1. The molecule has 0 bridgehead atoms. The van der Waals surface area contributed by atoms with Gasteiger partial charge in [-0.15, -0.1) is 0 Å². The molecule has 2 aliphatic heterocycles. The molecule has 1 aromatic rings. The van der Waals surface area contributed by atoms with E-state index >= 15 is 0 Å². The number of β-amino-alcohol motifs (C(OH)–C–C–N with tert-alkyl or cyclic N) is 1. The van der Waals surface area contributed by atoms with Gasteiger partial charge in [0, 0.05) is 31.7 Å². The first kappa shape index (κ1) is 16.5. The Hall–Kier alpha value is -1.40. The van der Waals surface area contributed by atoms with Crippen molar-refractivity contribution >= 4 is 5.91 Å². The van der Waals surface area contributed by atoms with Crippen molar-refractivity contribution in [3.05, 3.63) is 17.5 Å². The number of nitrogens with zero attached hydrogens (tertiary/aromatic N) is 4. The molecule has 0 radical (unpaired) electrons. The molecule has 0 saturated carbocycles. The van der Waals surface area contributed by atoms with Crippen LogP contribution in [-0.4, -0.2) is 68.9 Å². The second-order valence-electron chi connectivity index (χ2n) is 6.93. The van der Waals surface area contributed by atoms with Gasteiger partial charge >= 0.3 is 0 Å². The molecule has 6 heteroatoms. The molecule has 128 valence electrons. The lowest BCUT2D eigenvalue weighted by molar-refractivity contribution is -0.130. The Morgan fingerprint density at radius 2 is 2.04 bits per heavy atom. The zero-order valence-corrected chi connectivity index (χ0v) is 14.2. The molecule has 23 heavy (non-hydrogen) atoms. The first-order valence-electron chi connectivity index (χ1n) is 8.75. The molecule has 0 spiro atoms. The van der Waals surface area contributed by atoms with Crippen LogP contribution in [-0.2, 0) is 11.3 Å². The largest absolute Gasteiger partial charge is 0.390 e. The van der Waals surface area contributed by atoms with Crippen molar-refractivity contribution in [2.45, 2.75) is 58.2 Å². The summed E-state index contributed by atoms with van der Waals surface area (Å²) >= 11 is 0. The van der Waals surface area contributed by atoms with Gasteiger partial charge in [-0.3, -0.25) is 14.4 Å². The molecular weight excluding hydrogens is 292 g/mol. The number of aliphatic hydroxyl groups is 1. The van der Waals surface area contributed by atoms with Crippen molar-refractivity contribution in [1.29, 1.82) is 0 Å². The van der Waals surface area contributed by atoms with Gasteiger partial charge in [0.2, 0.25) is 5.91 Å². The van der Waals surface area contributed by atoms with Crippen LogP contribution in [0.15, 0.2) is 6.07 Å². The van der Waals surface area contributed by atoms with Gasteiger partial charge in [-0.1, -0.05) is 0 Å². The number of carbonyl (C=O) groups excluding carboxylic acids is 1. The van der Waals surface area contributed by atoms with Gasteiger partial charge in [-0.05, 0) is 52.3 Å². The summed E-state index contributed by atoms with van der Waals surface area (Å²) in [5.74, 6) is 0.160. The van der Waals surface area contributed by atoms with Gasteiger partial charge in [0.1, 0.15) is 0 Å². The van der Waals surface area contributed by atoms with Crippen LogP contribution in [0.2, 0.25) is 0 Å². The molecule has 0 unspecified atom stereocenters. The summed E-state index contributed by atoms with van der Waals surface area (Å²) in [4.78, 5) is 16.6. The standard InChI is InChI=1S/C17H28N4O2/c1-13-10-14(2)21(18-13)9-5-6-17(23)20-11-15(16(22)12-20)19-7-3-4-8-19/h10,15-16,22H,3-9,11-12H2,1-2H3/t15-,16-/m1/s1. The van der Waals surface area contributed by atoms with Crippen molar-refractivity contribution in [2.24, 2.45) is 0 Å². The molecule has 2 atom stereocenters. The number of aryl methyl sites for hydroxylation is 3. The predicted octanol–water partition coefficient (Wildman–Crippen LogP) is 0.948. The number of likely N-dealkylation sites (tertiary alicyclic amines) is 2. The Morgan fingerprint density at radius 1 is 1.30 bits per heavy atom. The molecule has 1 aromatic heterocycles. The molecule has 0 aliphatic carbocycles. The SMILES string of the molecule is Cc1cc(C)n(CCCC(=O)N2C[C@@H](O)[C@H](N3CCCC3)C2)n1. The molecule has 2 aliphatic rings.